The Hall–Kier alpha value is -3.12. The Morgan fingerprint density at radius 1 is 0.971 bits per heavy atom. The van der Waals surface area contributed by atoms with Crippen LogP contribution in [0.4, 0.5) is 0 Å². The van der Waals surface area contributed by atoms with Crippen molar-refractivity contribution in [1.82, 2.24) is 10.6 Å². The average molecular weight is 479 g/mol. The molecule has 0 aromatic heterocycles. The fourth-order valence-corrected chi connectivity index (χ4v) is 4.27. The number of amides is 2. The van der Waals surface area contributed by atoms with E-state index in [1.165, 1.54) is 0 Å². The topological polar surface area (TPSA) is 87.7 Å². The second-order valence-corrected chi connectivity index (χ2v) is 9.75. The van der Waals surface area contributed by atoms with Crippen molar-refractivity contribution >= 4 is 23.5 Å². The predicted octanol–water partition coefficient (Wildman–Crippen LogP) is 5.17. The number of ether oxygens (including phenoxy) is 1. The molecule has 1 heterocycles. The highest BCUT2D eigenvalue weighted by Crippen LogP contribution is 2.38. The van der Waals surface area contributed by atoms with Gasteiger partial charge in [0.1, 0.15) is 11.5 Å². The first-order chi connectivity index (χ1) is 16.8. The Kier molecular flexibility index (Phi) is 9.49. The third kappa shape index (κ3) is 7.18. The molecule has 0 spiro atoms. The van der Waals surface area contributed by atoms with E-state index in [9.17, 15) is 14.7 Å². The lowest BCUT2D eigenvalue weighted by Gasteiger charge is -2.28. The Morgan fingerprint density at radius 3 is 2.37 bits per heavy atom. The van der Waals surface area contributed by atoms with Crippen molar-refractivity contribution in [2.24, 2.45) is 11.8 Å². The lowest BCUT2D eigenvalue weighted by atomic mass is 9.91. The summed E-state index contributed by atoms with van der Waals surface area (Å²) in [6.07, 6.45) is 3.79. The van der Waals surface area contributed by atoms with Gasteiger partial charge in [0.25, 0.3) is 5.91 Å². The van der Waals surface area contributed by atoms with Crippen LogP contribution in [0.5, 0.6) is 11.5 Å². The molecule has 0 bridgehead atoms. The predicted molar refractivity (Wildman–Crippen MR) is 140 cm³/mol. The molecule has 35 heavy (non-hydrogen) atoms. The first-order valence-corrected chi connectivity index (χ1v) is 12.6. The molecule has 0 aliphatic carbocycles. The standard InChI is InChI=1S/C29H38N2O4/c1-5-6-15-30-28(33)20(4)17-25(32)24(16-19(2)3)31-29(34)23-18-21-11-7-9-13-26(21)35-27-14-10-8-12-22(23)27/h7-14,18-20,24-25,32H,5-6,15-17H2,1-4H3,(H,30,33)(H,31,34)/t20-,24+,25+/m1/s1. The summed E-state index contributed by atoms with van der Waals surface area (Å²) in [4.78, 5) is 26.0. The quantitative estimate of drug-likeness (QED) is 0.389. The van der Waals surface area contributed by atoms with Gasteiger partial charge in [0.2, 0.25) is 5.91 Å². The third-order valence-electron chi connectivity index (χ3n) is 6.24. The fourth-order valence-electron chi connectivity index (χ4n) is 4.27. The van der Waals surface area contributed by atoms with Gasteiger partial charge >= 0.3 is 0 Å². The number of nitrogens with one attached hydrogen (secondary N) is 2. The number of aliphatic hydroxyl groups is 1. The van der Waals surface area contributed by atoms with E-state index in [0.29, 0.717) is 35.6 Å². The van der Waals surface area contributed by atoms with Crippen molar-refractivity contribution in [2.75, 3.05) is 6.54 Å². The van der Waals surface area contributed by atoms with Gasteiger partial charge in [-0.25, -0.2) is 0 Å². The summed E-state index contributed by atoms with van der Waals surface area (Å²) in [5.74, 6) is 0.847. The molecule has 188 valence electrons. The van der Waals surface area contributed by atoms with E-state index in [-0.39, 0.29) is 30.1 Å². The molecule has 6 heteroatoms. The molecule has 1 aliphatic rings. The Bertz CT molecular complexity index is 1050. The number of hydrogen-bond donors (Lipinski definition) is 3. The largest absolute Gasteiger partial charge is 0.456 e. The zero-order valence-electron chi connectivity index (χ0n) is 21.2. The number of hydrogen-bond acceptors (Lipinski definition) is 4. The highest BCUT2D eigenvalue weighted by Gasteiger charge is 2.29. The van der Waals surface area contributed by atoms with Gasteiger partial charge in [-0.1, -0.05) is 70.5 Å². The van der Waals surface area contributed by atoms with E-state index in [0.717, 1.165) is 18.4 Å². The first kappa shape index (κ1) is 26.5. The van der Waals surface area contributed by atoms with Gasteiger partial charge in [0, 0.05) is 23.6 Å². The lowest BCUT2D eigenvalue weighted by molar-refractivity contribution is -0.125. The molecule has 2 amide bonds. The molecule has 0 saturated heterocycles. The van der Waals surface area contributed by atoms with E-state index >= 15 is 0 Å². The molecule has 2 aromatic carbocycles. The summed E-state index contributed by atoms with van der Waals surface area (Å²) in [5.41, 5.74) is 1.99. The van der Waals surface area contributed by atoms with E-state index in [1.54, 1.807) is 0 Å². The van der Waals surface area contributed by atoms with Gasteiger partial charge in [-0.05, 0) is 43.4 Å². The van der Waals surface area contributed by atoms with E-state index in [1.807, 2.05) is 61.5 Å². The molecule has 2 aromatic rings. The summed E-state index contributed by atoms with van der Waals surface area (Å²) >= 11 is 0. The second-order valence-electron chi connectivity index (χ2n) is 9.75. The van der Waals surface area contributed by atoms with E-state index in [4.69, 9.17) is 4.74 Å². The zero-order valence-corrected chi connectivity index (χ0v) is 21.2. The van der Waals surface area contributed by atoms with Crippen LogP contribution in [0.15, 0.2) is 48.5 Å². The Morgan fingerprint density at radius 2 is 1.66 bits per heavy atom. The minimum atomic E-state index is -0.849. The first-order valence-electron chi connectivity index (χ1n) is 12.6. The second kappa shape index (κ2) is 12.5. The van der Waals surface area contributed by atoms with Gasteiger partial charge in [-0.2, -0.15) is 0 Å². The van der Waals surface area contributed by atoms with E-state index in [2.05, 4.69) is 31.4 Å². The maximum Gasteiger partial charge on any atom is 0.252 e. The number of unbranched alkanes of at least 4 members (excludes halogenated alkanes) is 1. The Balaban J connectivity index is 1.80. The van der Waals surface area contributed by atoms with Crippen LogP contribution >= 0.6 is 0 Å². The molecule has 0 unspecified atom stereocenters. The molecule has 0 fully saturated rings. The molecule has 3 atom stereocenters. The van der Waals surface area contributed by atoms with Crippen LogP contribution in [0.25, 0.3) is 11.6 Å². The minimum absolute atomic E-state index is 0.0683. The molecule has 0 radical (unpaired) electrons. The Labute approximate surface area is 208 Å². The summed E-state index contributed by atoms with van der Waals surface area (Å²) < 4.78 is 6.09. The molecule has 0 saturated carbocycles. The molecule has 3 rings (SSSR count). The van der Waals surface area contributed by atoms with Crippen molar-refractivity contribution in [3.05, 3.63) is 59.7 Å². The van der Waals surface area contributed by atoms with Crippen LogP contribution in [0.2, 0.25) is 0 Å². The van der Waals surface area contributed by atoms with Crippen molar-refractivity contribution in [3.8, 4) is 11.5 Å². The highest BCUT2D eigenvalue weighted by molar-refractivity contribution is 6.25. The van der Waals surface area contributed by atoms with Gasteiger partial charge in [0.05, 0.1) is 17.7 Å². The van der Waals surface area contributed by atoms with Crippen LogP contribution < -0.4 is 15.4 Å². The maximum absolute atomic E-state index is 13.6. The normalized spacial score (nSPS) is 15.0. The van der Waals surface area contributed by atoms with Gasteiger partial charge in [-0.15, -0.1) is 0 Å². The minimum Gasteiger partial charge on any atom is -0.456 e. The van der Waals surface area contributed by atoms with E-state index < -0.39 is 12.1 Å². The van der Waals surface area contributed by atoms with Crippen molar-refractivity contribution in [3.63, 3.8) is 0 Å². The van der Waals surface area contributed by atoms with Crippen LogP contribution in [0.1, 0.15) is 64.5 Å². The number of carbonyl (C=O) groups is 2. The van der Waals surface area contributed by atoms with Crippen LogP contribution in [-0.2, 0) is 9.59 Å². The number of aliphatic hydroxyl groups excluding tert-OH is 1. The number of para-hydroxylation sites is 2. The molecule has 1 aliphatic heterocycles. The van der Waals surface area contributed by atoms with Gasteiger partial charge in [-0.3, -0.25) is 9.59 Å². The number of carbonyl (C=O) groups excluding carboxylic acids is 2. The van der Waals surface area contributed by atoms with Crippen LogP contribution in [0.3, 0.4) is 0 Å². The highest BCUT2D eigenvalue weighted by atomic mass is 16.5. The summed E-state index contributed by atoms with van der Waals surface area (Å²) in [5, 5.41) is 17.1. The van der Waals surface area contributed by atoms with Crippen LogP contribution in [-0.4, -0.2) is 35.6 Å². The monoisotopic (exact) mass is 478 g/mol. The molecular formula is C29H38N2O4. The zero-order chi connectivity index (χ0) is 25.4. The fraction of sp³-hybridized carbons (Fsp3) is 0.448. The third-order valence-corrected chi connectivity index (χ3v) is 6.24. The van der Waals surface area contributed by atoms with Crippen molar-refractivity contribution in [2.45, 2.75) is 65.5 Å². The summed E-state index contributed by atoms with van der Waals surface area (Å²) in [7, 11) is 0. The van der Waals surface area contributed by atoms with Gasteiger partial charge < -0.3 is 20.5 Å². The SMILES string of the molecule is CCCCNC(=O)[C@H](C)C[C@H](O)[C@H](CC(C)C)NC(=O)C1=Cc2ccccc2Oc2ccccc21. The summed E-state index contributed by atoms with van der Waals surface area (Å²) in [6, 6.07) is 14.6. The average Bonchev–Trinajstić information content (AvgIpc) is 3.00. The molecular weight excluding hydrogens is 440 g/mol. The number of benzene rings is 2. The number of fused-ring (bicyclic) bond motifs is 2. The van der Waals surface area contributed by atoms with Crippen molar-refractivity contribution < 1.29 is 19.4 Å². The molecule has 6 nitrogen and oxygen atoms in total. The lowest BCUT2D eigenvalue weighted by Crippen LogP contribution is -2.46. The van der Waals surface area contributed by atoms with Crippen molar-refractivity contribution in [1.29, 1.82) is 0 Å². The smallest absolute Gasteiger partial charge is 0.252 e. The van der Waals surface area contributed by atoms with Gasteiger partial charge in [0.15, 0.2) is 0 Å². The maximum atomic E-state index is 13.6. The van der Waals surface area contributed by atoms with Crippen LogP contribution in [0, 0.1) is 11.8 Å². The summed E-state index contributed by atoms with van der Waals surface area (Å²) in [6.45, 7) is 8.63. The molecule has 3 N–H and O–H groups in total. The number of rotatable bonds is 11.